The standard InChI is InChI=1S/C8H9NO2/c1-11-8(10)6-2-4-7(9)5-3-6/h2-5H,9H2,1H3/i1-1. The van der Waals surface area contributed by atoms with Gasteiger partial charge in [-0.25, -0.2) is 4.79 Å². The summed E-state index contributed by atoms with van der Waals surface area (Å²) in [6, 6.07) is 6.57. The van der Waals surface area contributed by atoms with Crippen molar-refractivity contribution in [1.82, 2.24) is 0 Å². The number of nitrogen functional groups attached to an aromatic ring is 1. The molecule has 0 aliphatic rings. The average Bonchev–Trinajstić information content (AvgIpc) is 2.05. The quantitative estimate of drug-likeness (QED) is 0.481. The molecule has 1 aromatic rings. The van der Waals surface area contributed by atoms with Gasteiger partial charge in [-0.15, -0.1) is 0 Å². The lowest BCUT2D eigenvalue weighted by Gasteiger charge is -1.97. The lowest BCUT2D eigenvalue weighted by atomic mass is 10.2. The van der Waals surface area contributed by atoms with Gasteiger partial charge in [0.05, 0.1) is 12.7 Å². The Morgan fingerprint density at radius 3 is 2.36 bits per heavy atom. The lowest BCUT2D eigenvalue weighted by Crippen LogP contribution is -2.00. The molecular weight excluding hydrogens is 141 g/mol. The Kier molecular flexibility index (Phi) is 2.11. The van der Waals surface area contributed by atoms with Gasteiger partial charge >= 0.3 is 5.97 Å². The highest BCUT2D eigenvalue weighted by molar-refractivity contribution is 5.89. The molecule has 1 aromatic carbocycles. The van der Waals surface area contributed by atoms with E-state index in [0.717, 1.165) is 0 Å². The molecule has 0 saturated carbocycles. The second kappa shape index (κ2) is 3.05. The van der Waals surface area contributed by atoms with Crippen LogP contribution in [0.4, 0.5) is 5.69 Å². The third-order valence-corrected chi connectivity index (χ3v) is 1.33. The molecule has 0 aliphatic heterocycles. The number of benzene rings is 1. The van der Waals surface area contributed by atoms with Gasteiger partial charge in [-0.1, -0.05) is 0 Å². The number of methoxy groups -OCH3 is 1. The van der Waals surface area contributed by atoms with Crippen molar-refractivity contribution in [3.63, 3.8) is 0 Å². The molecule has 2 N–H and O–H groups in total. The van der Waals surface area contributed by atoms with Crippen molar-refractivity contribution in [2.75, 3.05) is 12.8 Å². The van der Waals surface area contributed by atoms with E-state index in [-0.39, 0.29) is 5.97 Å². The first kappa shape index (κ1) is 7.60. The molecule has 0 spiro atoms. The molecule has 0 aliphatic carbocycles. The Hall–Kier alpha value is -1.51. The van der Waals surface area contributed by atoms with Crippen LogP contribution in [-0.2, 0) is 4.74 Å². The van der Waals surface area contributed by atoms with Crippen molar-refractivity contribution < 1.29 is 9.53 Å². The highest BCUT2D eigenvalue weighted by atomic mass is 16.5. The molecule has 0 amide bonds. The molecule has 0 fully saturated rings. The number of esters is 1. The van der Waals surface area contributed by atoms with E-state index in [0.29, 0.717) is 11.3 Å². The minimum Gasteiger partial charge on any atom is -0.465 e. The van der Waals surface area contributed by atoms with Crippen LogP contribution >= 0.6 is 0 Å². The van der Waals surface area contributed by atoms with Gasteiger partial charge in [-0.2, -0.15) is 0 Å². The minimum absolute atomic E-state index is 0.343. The predicted octanol–water partition coefficient (Wildman–Crippen LogP) is 1.06. The molecular formula is C8H9NO2. The third-order valence-electron chi connectivity index (χ3n) is 1.33. The zero-order chi connectivity index (χ0) is 8.27. The second-order valence-corrected chi connectivity index (χ2v) is 2.11. The number of carbonyl (C=O) groups excluding carboxylic acids is 1. The van der Waals surface area contributed by atoms with Gasteiger partial charge in [0.1, 0.15) is 0 Å². The first-order valence-electron chi connectivity index (χ1n) is 3.18. The Balaban J connectivity index is 2.90. The van der Waals surface area contributed by atoms with Crippen LogP contribution < -0.4 is 5.73 Å². The monoisotopic (exact) mass is 150 g/mol. The summed E-state index contributed by atoms with van der Waals surface area (Å²) < 4.78 is 4.50. The number of nitrogens with two attached hydrogens (primary N) is 1. The molecule has 0 unspecified atom stereocenters. The Labute approximate surface area is 64.8 Å². The van der Waals surface area contributed by atoms with Crippen LogP contribution in [0.5, 0.6) is 0 Å². The van der Waals surface area contributed by atoms with Crippen LogP contribution in [0.25, 0.3) is 0 Å². The molecule has 0 bridgehead atoms. The molecule has 0 heterocycles. The number of hydrogen-bond acceptors (Lipinski definition) is 3. The number of ether oxygens (including phenoxy) is 1. The summed E-state index contributed by atoms with van der Waals surface area (Å²) >= 11 is 0. The summed E-state index contributed by atoms with van der Waals surface area (Å²) in [6.45, 7) is 0. The van der Waals surface area contributed by atoms with Gasteiger partial charge < -0.3 is 10.5 Å². The maximum atomic E-state index is 10.9. The Bertz CT molecular complexity index is 253. The number of rotatable bonds is 1. The van der Waals surface area contributed by atoms with Crippen LogP contribution in [0.1, 0.15) is 10.4 Å². The zero-order valence-corrected chi connectivity index (χ0v) is 6.20. The second-order valence-electron chi connectivity index (χ2n) is 2.11. The van der Waals surface area contributed by atoms with E-state index in [2.05, 4.69) is 4.74 Å². The van der Waals surface area contributed by atoms with Crippen LogP contribution in [0, 0.1) is 0 Å². The Morgan fingerprint density at radius 1 is 1.36 bits per heavy atom. The molecule has 0 radical (unpaired) electrons. The smallest absolute Gasteiger partial charge is 0.337 e. The minimum atomic E-state index is -0.343. The number of anilines is 1. The molecule has 3 heteroatoms. The highest BCUT2D eigenvalue weighted by Gasteiger charge is 2.02. The van der Waals surface area contributed by atoms with E-state index in [9.17, 15) is 4.79 Å². The van der Waals surface area contributed by atoms with Gasteiger partial charge in [0, 0.05) is 5.69 Å². The first-order valence-corrected chi connectivity index (χ1v) is 3.18. The maximum Gasteiger partial charge on any atom is 0.337 e. The number of hydrogen-bond donors (Lipinski definition) is 1. The summed E-state index contributed by atoms with van der Waals surface area (Å²) in [4.78, 5) is 10.9. The molecule has 58 valence electrons. The molecule has 3 nitrogen and oxygen atoms in total. The van der Waals surface area contributed by atoms with Crippen molar-refractivity contribution in [2.24, 2.45) is 0 Å². The maximum absolute atomic E-state index is 10.9. The van der Waals surface area contributed by atoms with E-state index >= 15 is 0 Å². The first-order chi connectivity index (χ1) is 5.24. The largest absolute Gasteiger partial charge is 0.465 e. The van der Waals surface area contributed by atoms with Crippen LogP contribution in [0.3, 0.4) is 0 Å². The fraction of sp³-hybridized carbons (Fsp3) is 0.125. The van der Waals surface area contributed by atoms with Crippen LogP contribution in [0.2, 0.25) is 0 Å². The fourth-order valence-electron chi connectivity index (χ4n) is 0.737. The zero-order valence-electron chi connectivity index (χ0n) is 6.20. The van der Waals surface area contributed by atoms with Gasteiger partial charge in [-0.3, -0.25) is 0 Å². The van der Waals surface area contributed by atoms with Gasteiger partial charge in [0.25, 0.3) is 0 Å². The van der Waals surface area contributed by atoms with E-state index in [1.807, 2.05) is 0 Å². The molecule has 11 heavy (non-hydrogen) atoms. The van der Waals surface area contributed by atoms with Crippen molar-refractivity contribution in [3.05, 3.63) is 29.8 Å². The fourth-order valence-corrected chi connectivity index (χ4v) is 0.737. The van der Waals surface area contributed by atoms with Gasteiger partial charge in [0.2, 0.25) is 0 Å². The summed E-state index contributed by atoms with van der Waals surface area (Å²) in [5, 5.41) is 0. The van der Waals surface area contributed by atoms with Crippen molar-refractivity contribution in [2.45, 2.75) is 0 Å². The molecule has 0 saturated heterocycles. The third kappa shape index (κ3) is 1.70. The summed E-state index contributed by atoms with van der Waals surface area (Å²) in [7, 11) is 1.35. The topological polar surface area (TPSA) is 52.3 Å². The molecule has 0 atom stereocenters. The SMILES string of the molecule is [11CH3]OC(=O)c1ccc(N)cc1. The summed E-state index contributed by atoms with van der Waals surface area (Å²) in [6.07, 6.45) is 0. The van der Waals surface area contributed by atoms with Crippen molar-refractivity contribution in [3.8, 4) is 0 Å². The van der Waals surface area contributed by atoms with Gasteiger partial charge in [-0.05, 0) is 24.3 Å². The highest BCUT2D eigenvalue weighted by Crippen LogP contribution is 2.05. The summed E-state index contributed by atoms with van der Waals surface area (Å²) in [5.41, 5.74) is 6.57. The normalized spacial score (nSPS) is 9.18. The van der Waals surface area contributed by atoms with Crippen LogP contribution in [0.15, 0.2) is 24.3 Å². The van der Waals surface area contributed by atoms with E-state index in [4.69, 9.17) is 5.73 Å². The molecule has 1 rings (SSSR count). The van der Waals surface area contributed by atoms with Crippen molar-refractivity contribution in [1.29, 1.82) is 0 Å². The van der Waals surface area contributed by atoms with E-state index in [1.54, 1.807) is 24.3 Å². The van der Waals surface area contributed by atoms with Crippen molar-refractivity contribution >= 4 is 11.7 Å². The lowest BCUT2D eigenvalue weighted by molar-refractivity contribution is 0.0601. The van der Waals surface area contributed by atoms with E-state index in [1.165, 1.54) is 7.11 Å². The Morgan fingerprint density at radius 2 is 1.91 bits per heavy atom. The van der Waals surface area contributed by atoms with Gasteiger partial charge in [0.15, 0.2) is 0 Å². The molecule has 0 aromatic heterocycles. The van der Waals surface area contributed by atoms with E-state index < -0.39 is 0 Å². The number of carbonyl (C=O) groups is 1. The summed E-state index contributed by atoms with van der Waals surface area (Å²) in [5.74, 6) is -0.343. The van der Waals surface area contributed by atoms with Crippen LogP contribution in [-0.4, -0.2) is 13.1 Å². The average molecular weight is 150 g/mol. The predicted molar refractivity (Wildman–Crippen MR) is 42.2 cm³/mol.